The molecule has 0 saturated carbocycles. The van der Waals surface area contributed by atoms with E-state index in [1.165, 1.54) is 12.1 Å². The minimum Gasteiger partial charge on any atom is -0.467 e. The molecule has 0 aromatic heterocycles. The third kappa shape index (κ3) is 3.55. The van der Waals surface area contributed by atoms with E-state index in [2.05, 4.69) is 10.0 Å². The van der Waals surface area contributed by atoms with Gasteiger partial charge in [0.15, 0.2) is 0 Å². The summed E-state index contributed by atoms with van der Waals surface area (Å²) in [5, 5.41) is 4.12. The molecule has 0 unspecified atom stereocenters. The number of esters is 1. The van der Waals surface area contributed by atoms with Crippen LogP contribution in [0.25, 0.3) is 0 Å². The lowest BCUT2D eigenvalue weighted by atomic mass is 10.1. The molecule has 1 aromatic carbocycles. The summed E-state index contributed by atoms with van der Waals surface area (Å²) in [4.78, 5) is 22.3. The van der Waals surface area contributed by atoms with Crippen LogP contribution in [0.5, 0.6) is 0 Å². The van der Waals surface area contributed by atoms with Gasteiger partial charge in [0, 0.05) is 0 Å². The van der Waals surface area contributed by atoms with Gasteiger partial charge in [-0.3, -0.25) is 0 Å². The molecule has 0 aliphatic heterocycles. The second kappa shape index (κ2) is 6.62. The number of ether oxygens (including phenoxy) is 1. The molecule has 0 saturated heterocycles. The fraction of sp³-hybridized carbons (Fsp3) is 0.417. The Morgan fingerprint density at radius 1 is 1.41 bits per heavy atom. The highest BCUT2D eigenvalue weighted by molar-refractivity contribution is 5.75. The van der Waals surface area contributed by atoms with Crippen molar-refractivity contribution in [3.63, 3.8) is 0 Å². The summed E-state index contributed by atoms with van der Waals surface area (Å²) in [5.74, 6) is -0.442. The molecular formula is C12H16N2O3. The lowest BCUT2D eigenvalue weighted by Gasteiger charge is -2.23. The molecule has 0 spiro atoms. The molecule has 1 atom stereocenters. The van der Waals surface area contributed by atoms with E-state index >= 15 is 0 Å². The highest BCUT2D eigenvalue weighted by Gasteiger charge is 2.25. The first kappa shape index (κ1) is 13.2. The third-order valence-corrected chi connectivity index (χ3v) is 2.51. The molecule has 1 aromatic rings. The van der Waals surface area contributed by atoms with E-state index in [-0.39, 0.29) is 0 Å². The Labute approximate surface area is 100 Å². The second-order valence-electron chi connectivity index (χ2n) is 3.61. The number of carbonyl (C=O) groups excluding carboxylic acids is 1. The quantitative estimate of drug-likeness (QED) is 0.431. The zero-order chi connectivity index (χ0) is 12.7. The van der Waals surface area contributed by atoms with Crippen LogP contribution in [0, 0.1) is 4.91 Å². The number of rotatable bonds is 6. The molecule has 0 heterocycles. The van der Waals surface area contributed by atoms with Crippen LogP contribution in [0.3, 0.4) is 0 Å². The monoisotopic (exact) mass is 236 g/mol. The highest BCUT2D eigenvalue weighted by Crippen LogP contribution is 2.12. The van der Waals surface area contributed by atoms with Gasteiger partial charge in [-0.15, -0.1) is 4.91 Å². The number of nitroso groups, excluding NO2 is 1. The molecule has 5 nitrogen and oxygen atoms in total. The summed E-state index contributed by atoms with van der Waals surface area (Å²) < 4.78 is 4.64. The first-order valence-corrected chi connectivity index (χ1v) is 5.44. The standard InChI is InChI=1S/C12H16N2O3/c1-3-11(12(15)17-2)14(13-16)9-10-7-5-4-6-8-10/h4-8,11H,3,9H2,1-2H3/t11-/m1/s1. The Kier molecular flexibility index (Phi) is 5.13. The molecule has 0 fully saturated rings. The second-order valence-corrected chi connectivity index (χ2v) is 3.61. The Bertz CT molecular complexity index is 367. The molecule has 0 aliphatic rings. The highest BCUT2D eigenvalue weighted by atomic mass is 16.5. The Hall–Kier alpha value is -1.91. The van der Waals surface area contributed by atoms with Gasteiger partial charge in [0.2, 0.25) is 0 Å². The molecule has 0 aliphatic carbocycles. The summed E-state index contributed by atoms with van der Waals surface area (Å²) in [6.45, 7) is 2.11. The minimum atomic E-state index is -0.627. The van der Waals surface area contributed by atoms with Crippen LogP contribution in [-0.2, 0) is 16.1 Å². The first-order valence-electron chi connectivity index (χ1n) is 5.44. The van der Waals surface area contributed by atoms with E-state index in [0.717, 1.165) is 5.56 Å². The average molecular weight is 236 g/mol. The number of hydrogen-bond acceptors (Lipinski definition) is 4. The molecular weight excluding hydrogens is 220 g/mol. The van der Waals surface area contributed by atoms with Crippen LogP contribution in [0.15, 0.2) is 35.6 Å². The lowest BCUT2D eigenvalue weighted by Crippen LogP contribution is -2.37. The van der Waals surface area contributed by atoms with E-state index < -0.39 is 12.0 Å². The van der Waals surface area contributed by atoms with Crippen molar-refractivity contribution in [3.8, 4) is 0 Å². The van der Waals surface area contributed by atoms with Crippen LogP contribution in [0.1, 0.15) is 18.9 Å². The van der Waals surface area contributed by atoms with Crippen molar-refractivity contribution in [3.05, 3.63) is 40.8 Å². The molecule has 1 rings (SSSR count). The van der Waals surface area contributed by atoms with Gasteiger partial charge >= 0.3 is 5.97 Å². The molecule has 17 heavy (non-hydrogen) atoms. The fourth-order valence-electron chi connectivity index (χ4n) is 1.60. The van der Waals surface area contributed by atoms with Crippen molar-refractivity contribution < 1.29 is 9.53 Å². The zero-order valence-electron chi connectivity index (χ0n) is 10.00. The zero-order valence-corrected chi connectivity index (χ0v) is 10.00. The molecule has 0 bridgehead atoms. The van der Waals surface area contributed by atoms with Gasteiger partial charge in [-0.25, -0.2) is 9.80 Å². The van der Waals surface area contributed by atoms with E-state index in [1.807, 2.05) is 37.3 Å². The Morgan fingerprint density at radius 3 is 2.53 bits per heavy atom. The van der Waals surface area contributed by atoms with Crippen molar-refractivity contribution in [2.75, 3.05) is 7.11 Å². The number of carbonyl (C=O) groups is 1. The van der Waals surface area contributed by atoms with Gasteiger partial charge < -0.3 is 4.74 Å². The molecule has 0 N–H and O–H groups in total. The van der Waals surface area contributed by atoms with Gasteiger partial charge in [0.1, 0.15) is 6.04 Å². The van der Waals surface area contributed by atoms with Crippen molar-refractivity contribution >= 4 is 5.97 Å². The first-order chi connectivity index (χ1) is 8.22. The molecule has 5 heteroatoms. The topological polar surface area (TPSA) is 59.0 Å². The summed E-state index contributed by atoms with van der Waals surface area (Å²) in [6, 6.07) is 8.76. The van der Waals surface area contributed by atoms with Gasteiger partial charge in [-0.1, -0.05) is 37.3 Å². The Morgan fingerprint density at radius 2 is 2.06 bits per heavy atom. The fourth-order valence-corrected chi connectivity index (χ4v) is 1.60. The number of methoxy groups -OCH3 is 1. The van der Waals surface area contributed by atoms with Crippen molar-refractivity contribution in [2.24, 2.45) is 5.29 Å². The predicted molar refractivity (Wildman–Crippen MR) is 63.9 cm³/mol. The lowest BCUT2D eigenvalue weighted by molar-refractivity contribution is -0.147. The van der Waals surface area contributed by atoms with Gasteiger partial charge in [-0.2, -0.15) is 0 Å². The van der Waals surface area contributed by atoms with E-state index in [9.17, 15) is 9.70 Å². The summed E-state index contributed by atoms with van der Waals surface area (Å²) in [5.41, 5.74) is 0.925. The smallest absolute Gasteiger partial charge is 0.330 e. The summed E-state index contributed by atoms with van der Waals surface area (Å²) in [7, 11) is 1.30. The number of hydrogen-bond donors (Lipinski definition) is 0. The Balaban J connectivity index is 2.77. The van der Waals surface area contributed by atoms with Gasteiger partial charge in [0.25, 0.3) is 0 Å². The van der Waals surface area contributed by atoms with Crippen molar-refractivity contribution in [1.29, 1.82) is 0 Å². The van der Waals surface area contributed by atoms with Crippen molar-refractivity contribution in [2.45, 2.75) is 25.9 Å². The SMILES string of the molecule is CC[C@H](C(=O)OC)N(Cc1ccccc1)N=O. The van der Waals surface area contributed by atoms with Crippen LogP contribution < -0.4 is 0 Å². The molecule has 0 radical (unpaired) electrons. The van der Waals surface area contributed by atoms with Crippen LogP contribution in [0.4, 0.5) is 0 Å². The van der Waals surface area contributed by atoms with Crippen molar-refractivity contribution in [1.82, 2.24) is 5.01 Å². The largest absolute Gasteiger partial charge is 0.467 e. The number of benzene rings is 1. The maximum atomic E-state index is 11.5. The molecule has 92 valence electrons. The predicted octanol–water partition coefficient (Wildman–Crippen LogP) is 2.12. The minimum absolute atomic E-state index is 0.304. The van der Waals surface area contributed by atoms with Crippen LogP contribution in [0.2, 0.25) is 0 Å². The number of nitrogens with zero attached hydrogens (tertiary/aromatic N) is 2. The normalized spacial score (nSPS) is 11.6. The average Bonchev–Trinajstić information content (AvgIpc) is 2.39. The van der Waals surface area contributed by atoms with E-state index in [0.29, 0.717) is 13.0 Å². The summed E-state index contributed by atoms with van der Waals surface area (Å²) >= 11 is 0. The van der Waals surface area contributed by atoms with Gasteiger partial charge in [-0.05, 0) is 12.0 Å². The van der Waals surface area contributed by atoms with Crippen LogP contribution >= 0.6 is 0 Å². The van der Waals surface area contributed by atoms with E-state index in [1.54, 1.807) is 0 Å². The summed E-state index contributed by atoms with van der Waals surface area (Å²) in [6.07, 6.45) is 0.477. The maximum absolute atomic E-state index is 11.5. The molecule has 0 amide bonds. The van der Waals surface area contributed by atoms with Crippen LogP contribution in [-0.4, -0.2) is 24.1 Å². The third-order valence-electron chi connectivity index (χ3n) is 2.51. The maximum Gasteiger partial charge on any atom is 0.330 e. The van der Waals surface area contributed by atoms with E-state index in [4.69, 9.17) is 0 Å². The van der Waals surface area contributed by atoms with Gasteiger partial charge in [0.05, 0.1) is 18.9 Å².